The smallest absolute Gasteiger partial charge is 0.138 e. The van der Waals surface area contributed by atoms with E-state index in [-0.39, 0.29) is 0 Å². The molecular formula is C16H28N2O. The van der Waals surface area contributed by atoms with Gasteiger partial charge in [-0.3, -0.25) is 9.48 Å². The molecule has 0 atom stereocenters. The molecule has 0 amide bonds. The fourth-order valence-electron chi connectivity index (χ4n) is 2.40. The average molecular weight is 264 g/mol. The van der Waals surface area contributed by atoms with E-state index in [0.717, 1.165) is 24.2 Å². The minimum absolute atomic E-state index is 0.344. The van der Waals surface area contributed by atoms with E-state index in [1.165, 1.54) is 38.5 Å². The lowest BCUT2D eigenvalue weighted by Crippen LogP contribution is -2.07. The van der Waals surface area contributed by atoms with Gasteiger partial charge in [0.05, 0.1) is 5.69 Å². The second kappa shape index (κ2) is 8.89. The lowest BCUT2D eigenvalue weighted by Gasteiger charge is -2.02. The summed E-state index contributed by atoms with van der Waals surface area (Å²) in [6.45, 7) is 4.20. The predicted molar refractivity (Wildman–Crippen MR) is 79.3 cm³/mol. The maximum atomic E-state index is 11.9. The molecule has 1 aromatic rings. The van der Waals surface area contributed by atoms with Crippen LogP contribution in [0.2, 0.25) is 0 Å². The third-order valence-corrected chi connectivity index (χ3v) is 3.54. The van der Waals surface area contributed by atoms with E-state index in [1.54, 1.807) is 0 Å². The number of hydrogen-bond donors (Lipinski definition) is 0. The first-order chi connectivity index (χ1) is 9.13. The summed E-state index contributed by atoms with van der Waals surface area (Å²) >= 11 is 0. The van der Waals surface area contributed by atoms with Gasteiger partial charge >= 0.3 is 0 Å². The maximum absolute atomic E-state index is 11.9. The first kappa shape index (κ1) is 15.9. The molecule has 0 aromatic carbocycles. The number of ketones is 1. The Bertz CT molecular complexity index is 382. The molecule has 0 bridgehead atoms. The van der Waals surface area contributed by atoms with E-state index in [1.807, 2.05) is 24.7 Å². The number of aryl methyl sites for hydroxylation is 2. The van der Waals surface area contributed by atoms with Gasteiger partial charge in [-0.05, 0) is 19.4 Å². The van der Waals surface area contributed by atoms with Gasteiger partial charge in [0.1, 0.15) is 5.78 Å². The molecular weight excluding hydrogens is 236 g/mol. The Morgan fingerprint density at radius 1 is 1.16 bits per heavy atom. The van der Waals surface area contributed by atoms with Crippen LogP contribution in [0.25, 0.3) is 0 Å². The van der Waals surface area contributed by atoms with Gasteiger partial charge in [0.15, 0.2) is 0 Å². The maximum Gasteiger partial charge on any atom is 0.138 e. The van der Waals surface area contributed by atoms with Crippen LogP contribution >= 0.6 is 0 Å². The topological polar surface area (TPSA) is 34.9 Å². The number of hydrogen-bond acceptors (Lipinski definition) is 2. The lowest BCUT2D eigenvalue weighted by atomic mass is 10.0. The van der Waals surface area contributed by atoms with Crippen LogP contribution in [0.3, 0.4) is 0 Å². The number of nitrogens with zero attached hydrogens (tertiary/aromatic N) is 2. The normalized spacial score (nSPS) is 10.9. The molecule has 3 heteroatoms. The van der Waals surface area contributed by atoms with E-state index < -0.39 is 0 Å². The molecule has 1 heterocycles. The van der Waals surface area contributed by atoms with Gasteiger partial charge in [0.2, 0.25) is 0 Å². The van der Waals surface area contributed by atoms with Crippen molar-refractivity contribution in [2.45, 2.75) is 71.6 Å². The van der Waals surface area contributed by atoms with Crippen LogP contribution in [0.1, 0.15) is 69.7 Å². The van der Waals surface area contributed by atoms with Crippen LogP contribution < -0.4 is 0 Å². The molecule has 0 aliphatic carbocycles. The van der Waals surface area contributed by atoms with Gasteiger partial charge in [-0.25, -0.2) is 0 Å². The summed E-state index contributed by atoms with van der Waals surface area (Å²) in [5.41, 5.74) is 2.02. The van der Waals surface area contributed by atoms with Gasteiger partial charge in [-0.15, -0.1) is 0 Å². The monoisotopic (exact) mass is 264 g/mol. The Morgan fingerprint density at radius 2 is 1.79 bits per heavy atom. The van der Waals surface area contributed by atoms with Crippen molar-refractivity contribution < 1.29 is 4.79 Å². The van der Waals surface area contributed by atoms with Crippen molar-refractivity contribution in [1.29, 1.82) is 0 Å². The first-order valence-electron chi connectivity index (χ1n) is 7.64. The molecule has 1 aromatic heterocycles. The van der Waals surface area contributed by atoms with Crippen molar-refractivity contribution >= 4 is 5.78 Å². The largest absolute Gasteiger partial charge is 0.299 e. The Kier molecular flexibility index (Phi) is 7.46. The zero-order valence-electron chi connectivity index (χ0n) is 12.7. The van der Waals surface area contributed by atoms with Crippen LogP contribution in [0.5, 0.6) is 0 Å². The highest BCUT2D eigenvalue weighted by Crippen LogP contribution is 2.10. The van der Waals surface area contributed by atoms with Crippen LogP contribution in [-0.4, -0.2) is 15.6 Å². The zero-order chi connectivity index (χ0) is 14.1. The first-order valence-corrected chi connectivity index (χ1v) is 7.64. The van der Waals surface area contributed by atoms with E-state index in [2.05, 4.69) is 12.0 Å². The van der Waals surface area contributed by atoms with E-state index in [4.69, 9.17) is 0 Å². The summed E-state index contributed by atoms with van der Waals surface area (Å²) in [7, 11) is 1.91. The van der Waals surface area contributed by atoms with Crippen molar-refractivity contribution in [3.8, 4) is 0 Å². The van der Waals surface area contributed by atoms with Crippen molar-refractivity contribution in [2.24, 2.45) is 7.05 Å². The number of rotatable bonds is 10. The van der Waals surface area contributed by atoms with Gasteiger partial charge in [0.25, 0.3) is 0 Å². The minimum Gasteiger partial charge on any atom is -0.299 e. The highest BCUT2D eigenvalue weighted by Gasteiger charge is 2.08. The van der Waals surface area contributed by atoms with Crippen molar-refractivity contribution in [3.63, 3.8) is 0 Å². The molecule has 0 N–H and O–H groups in total. The van der Waals surface area contributed by atoms with Crippen LogP contribution in [-0.2, 0) is 18.3 Å². The summed E-state index contributed by atoms with van der Waals surface area (Å²) in [5, 5.41) is 4.27. The second-order valence-corrected chi connectivity index (χ2v) is 5.49. The zero-order valence-corrected chi connectivity index (χ0v) is 12.7. The molecule has 3 nitrogen and oxygen atoms in total. The Labute approximate surface area is 117 Å². The van der Waals surface area contributed by atoms with Gasteiger partial charge in [-0.1, -0.05) is 45.4 Å². The predicted octanol–water partition coefficient (Wildman–Crippen LogP) is 3.98. The Balaban J connectivity index is 2.10. The average Bonchev–Trinajstić information content (AvgIpc) is 2.66. The van der Waals surface area contributed by atoms with Crippen LogP contribution in [0.15, 0.2) is 6.07 Å². The molecule has 0 spiro atoms. The summed E-state index contributed by atoms with van der Waals surface area (Å²) < 4.78 is 1.82. The van der Waals surface area contributed by atoms with Gasteiger partial charge in [0, 0.05) is 25.6 Å². The fraction of sp³-hybridized carbons (Fsp3) is 0.750. The summed E-state index contributed by atoms with van der Waals surface area (Å²) in [5.74, 6) is 0.344. The van der Waals surface area contributed by atoms with E-state index in [9.17, 15) is 4.79 Å². The fourth-order valence-corrected chi connectivity index (χ4v) is 2.40. The molecule has 0 unspecified atom stereocenters. The van der Waals surface area contributed by atoms with E-state index in [0.29, 0.717) is 12.2 Å². The third kappa shape index (κ3) is 6.55. The number of aromatic nitrogens is 2. The number of carbonyl (C=O) groups is 1. The molecule has 0 aliphatic heterocycles. The summed E-state index contributed by atoms with van der Waals surface area (Å²) in [6.07, 6.45) is 10.1. The van der Waals surface area contributed by atoms with Gasteiger partial charge in [-0.2, -0.15) is 5.10 Å². The quantitative estimate of drug-likeness (QED) is 0.599. The third-order valence-electron chi connectivity index (χ3n) is 3.54. The number of carbonyl (C=O) groups excluding carboxylic acids is 1. The molecule has 108 valence electrons. The standard InChI is InChI=1S/C16H28N2O/c1-4-5-6-7-8-9-10-11-16(19)13-15-12-14(2)17-18(15)3/h12H,4-11,13H2,1-3H3. The molecule has 19 heavy (non-hydrogen) atoms. The molecule has 1 rings (SSSR count). The molecule has 0 fully saturated rings. The second-order valence-electron chi connectivity index (χ2n) is 5.49. The van der Waals surface area contributed by atoms with Crippen LogP contribution in [0, 0.1) is 6.92 Å². The number of Topliss-reactive ketones (excluding diaryl/α,β-unsaturated/α-hetero) is 1. The summed E-state index contributed by atoms with van der Waals surface area (Å²) in [6, 6.07) is 2.00. The number of unbranched alkanes of at least 4 members (excludes halogenated alkanes) is 6. The Morgan fingerprint density at radius 3 is 2.37 bits per heavy atom. The van der Waals surface area contributed by atoms with E-state index >= 15 is 0 Å². The van der Waals surface area contributed by atoms with Crippen LogP contribution in [0.4, 0.5) is 0 Å². The minimum atomic E-state index is 0.344. The highest BCUT2D eigenvalue weighted by molar-refractivity contribution is 5.80. The SMILES string of the molecule is CCCCCCCCCC(=O)Cc1cc(C)nn1C. The molecule has 0 radical (unpaired) electrons. The lowest BCUT2D eigenvalue weighted by molar-refractivity contribution is -0.118. The van der Waals surface area contributed by atoms with Crippen molar-refractivity contribution in [1.82, 2.24) is 9.78 Å². The molecule has 0 saturated heterocycles. The Hall–Kier alpha value is -1.12. The summed E-state index contributed by atoms with van der Waals surface area (Å²) in [4.78, 5) is 11.9. The van der Waals surface area contributed by atoms with Gasteiger partial charge < -0.3 is 0 Å². The molecule has 0 aliphatic rings. The molecule has 0 saturated carbocycles. The highest BCUT2D eigenvalue weighted by atomic mass is 16.1. The van der Waals surface area contributed by atoms with Crippen molar-refractivity contribution in [2.75, 3.05) is 0 Å². The van der Waals surface area contributed by atoms with Crippen molar-refractivity contribution in [3.05, 3.63) is 17.5 Å².